The Morgan fingerprint density at radius 3 is 2.75 bits per heavy atom. The van der Waals surface area contributed by atoms with Crippen molar-refractivity contribution in [3.63, 3.8) is 0 Å². The minimum absolute atomic E-state index is 0.0317. The van der Waals surface area contributed by atoms with E-state index in [-0.39, 0.29) is 24.9 Å². The number of aliphatic imine (C=N–C) groups is 1. The van der Waals surface area contributed by atoms with E-state index in [4.69, 9.17) is 15.2 Å². The van der Waals surface area contributed by atoms with E-state index >= 15 is 0 Å². The fraction of sp³-hybridized carbons (Fsp3) is 0.423. The number of nitrogens with two attached hydrogens (primary N) is 1. The Morgan fingerprint density at radius 1 is 1.25 bits per heavy atom. The monoisotopic (exact) mass is 496 g/mol. The molecule has 190 valence electrons. The summed E-state index contributed by atoms with van der Waals surface area (Å²) < 4.78 is 25.1. The number of hydrogen-bond donors (Lipinski definition) is 3. The zero-order valence-electron chi connectivity index (χ0n) is 20.2. The Balaban J connectivity index is 1.44. The quantitative estimate of drug-likeness (QED) is 0.597. The molecular weight excluding hydrogens is 467 g/mol. The summed E-state index contributed by atoms with van der Waals surface area (Å²) in [5, 5.41) is 13.3. The van der Waals surface area contributed by atoms with Gasteiger partial charge in [-0.3, -0.25) is 14.5 Å². The summed E-state index contributed by atoms with van der Waals surface area (Å²) >= 11 is 0. The molecule has 0 aliphatic carbocycles. The van der Waals surface area contributed by atoms with Gasteiger partial charge in [0.15, 0.2) is 5.96 Å². The Hall–Kier alpha value is -3.66. The number of halogens is 1. The van der Waals surface area contributed by atoms with Crippen molar-refractivity contribution in [1.29, 1.82) is 0 Å². The molecule has 0 bridgehead atoms. The van der Waals surface area contributed by atoms with E-state index in [9.17, 15) is 19.1 Å². The zero-order chi connectivity index (χ0) is 25.6. The maximum Gasteiger partial charge on any atom is 0.251 e. The summed E-state index contributed by atoms with van der Waals surface area (Å²) in [5.74, 6) is 0.0439. The maximum atomic E-state index is 13.9. The normalized spacial score (nSPS) is 27.2. The third-order valence-corrected chi connectivity index (χ3v) is 7.17. The fourth-order valence-electron chi connectivity index (χ4n) is 5.00. The van der Waals surface area contributed by atoms with Crippen LogP contribution in [0.25, 0.3) is 0 Å². The smallest absolute Gasteiger partial charge is 0.251 e. The van der Waals surface area contributed by atoms with Gasteiger partial charge >= 0.3 is 0 Å². The van der Waals surface area contributed by atoms with E-state index in [0.717, 1.165) is 0 Å². The Labute approximate surface area is 208 Å². The highest BCUT2D eigenvalue weighted by Crippen LogP contribution is 2.40. The van der Waals surface area contributed by atoms with Gasteiger partial charge in [0.2, 0.25) is 5.91 Å². The second kappa shape index (κ2) is 9.09. The molecule has 3 aliphatic rings. The first kappa shape index (κ1) is 24.1. The van der Waals surface area contributed by atoms with Crippen molar-refractivity contribution in [1.82, 2.24) is 10.2 Å². The van der Waals surface area contributed by atoms with Gasteiger partial charge in [-0.1, -0.05) is 6.92 Å². The second-order valence-corrected chi connectivity index (χ2v) is 9.68. The molecule has 0 saturated carbocycles. The summed E-state index contributed by atoms with van der Waals surface area (Å²) in [7, 11) is 0. The number of aliphatic hydroxyl groups excluding tert-OH is 1. The summed E-state index contributed by atoms with van der Waals surface area (Å²) in [6.45, 7) is 4.23. The number of rotatable bonds is 4. The maximum absolute atomic E-state index is 13.9. The Bertz CT molecular complexity index is 1250. The highest BCUT2D eigenvalue weighted by Gasteiger charge is 2.40. The van der Waals surface area contributed by atoms with Crippen LogP contribution in [0.3, 0.4) is 0 Å². The lowest BCUT2D eigenvalue weighted by molar-refractivity contribution is -0.131. The number of nitrogens with zero attached hydrogens (tertiary/aromatic N) is 2. The standard InChI is InChI=1S/C26H29FN4O5/c1-3-26(2)12-22(33)31(25(28)30-26)18-8-9-35-20-6-4-14(10-16(18)20)24(34)29-23-17-11-15(27)5-7-21(17)36-13-19(23)32/h4-7,10-11,18-19,23,32H,3,8-9,12-13H2,1-2H3,(H2,28,30)(H,29,34)/t18-,19?,23?,26-/m1/s1. The van der Waals surface area contributed by atoms with Gasteiger partial charge < -0.3 is 25.6 Å². The van der Waals surface area contributed by atoms with E-state index in [1.807, 2.05) is 13.8 Å². The fourth-order valence-corrected chi connectivity index (χ4v) is 5.00. The number of benzene rings is 2. The van der Waals surface area contributed by atoms with Crippen molar-refractivity contribution in [3.05, 3.63) is 58.9 Å². The highest BCUT2D eigenvalue weighted by atomic mass is 19.1. The number of carbonyl (C=O) groups excluding carboxylic acids is 2. The van der Waals surface area contributed by atoms with Crippen LogP contribution in [0.1, 0.15) is 66.7 Å². The molecule has 2 aromatic carbocycles. The second-order valence-electron chi connectivity index (χ2n) is 9.68. The van der Waals surface area contributed by atoms with Crippen LogP contribution >= 0.6 is 0 Å². The molecule has 3 aliphatic heterocycles. The molecule has 0 fully saturated rings. The van der Waals surface area contributed by atoms with E-state index in [1.165, 1.54) is 23.1 Å². The molecule has 4 N–H and O–H groups in total. The van der Waals surface area contributed by atoms with Crippen LogP contribution in [0.4, 0.5) is 4.39 Å². The molecule has 10 heteroatoms. The van der Waals surface area contributed by atoms with Crippen molar-refractivity contribution < 1.29 is 28.6 Å². The van der Waals surface area contributed by atoms with Crippen LogP contribution in [-0.4, -0.2) is 52.6 Å². The van der Waals surface area contributed by atoms with Gasteiger partial charge in [0, 0.05) is 23.1 Å². The van der Waals surface area contributed by atoms with Crippen molar-refractivity contribution in [2.24, 2.45) is 10.7 Å². The van der Waals surface area contributed by atoms with Gasteiger partial charge in [0.1, 0.15) is 30.0 Å². The van der Waals surface area contributed by atoms with Gasteiger partial charge in [0.05, 0.1) is 30.7 Å². The average Bonchev–Trinajstić information content (AvgIpc) is 2.85. The van der Waals surface area contributed by atoms with Gasteiger partial charge in [-0.2, -0.15) is 0 Å². The molecule has 2 amide bonds. The predicted molar refractivity (Wildman–Crippen MR) is 129 cm³/mol. The molecule has 5 rings (SSSR count). The van der Waals surface area contributed by atoms with Crippen LogP contribution in [-0.2, 0) is 4.79 Å². The highest BCUT2D eigenvalue weighted by molar-refractivity contribution is 6.00. The average molecular weight is 497 g/mol. The van der Waals surface area contributed by atoms with Crippen molar-refractivity contribution >= 4 is 17.8 Å². The largest absolute Gasteiger partial charge is 0.493 e. The SMILES string of the molecule is CC[C@]1(C)CC(=O)N([C@@H]2CCOc3ccc(C(=O)NC4c5cc(F)ccc5OCC4O)cc32)C(N)=N1. The molecule has 4 atom stereocenters. The van der Waals surface area contributed by atoms with E-state index in [2.05, 4.69) is 10.3 Å². The van der Waals surface area contributed by atoms with E-state index in [0.29, 0.717) is 47.6 Å². The number of guanidine groups is 1. The molecule has 0 saturated heterocycles. The minimum Gasteiger partial charge on any atom is -0.493 e. The molecule has 3 heterocycles. The Kier molecular flexibility index (Phi) is 6.07. The Morgan fingerprint density at radius 2 is 2.00 bits per heavy atom. The predicted octanol–water partition coefficient (Wildman–Crippen LogP) is 2.59. The molecule has 9 nitrogen and oxygen atoms in total. The lowest BCUT2D eigenvalue weighted by Gasteiger charge is -2.40. The molecule has 36 heavy (non-hydrogen) atoms. The third-order valence-electron chi connectivity index (χ3n) is 7.17. The molecule has 2 unspecified atom stereocenters. The molecular formula is C26H29FN4O5. The molecule has 0 spiro atoms. The number of ether oxygens (including phenoxy) is 2. The van der Waals surface area contributed by atoms with E-state index in [1.54, 1.807) is 18.2 Å². The van der Waals surface area contributed by atoms with Gasteiger partial charge in [-0.05, 0) is 49.7 Å². The van der Waals surface area contributed by atoms with Gasteiger partial charge in [-0.15, -0.1) is 0 Å². The first-order valence-electron chi connectivity index (χ1n) is 12.0. The van der Waals surface area contributed by atoms with E-state index < -0.39 is 35.5 Å². The number of hydrogen-bond acceptors (Lipinski definition) is 7. The first-order valence-corrected chi connectivity index (χ1v) is 12.0. The van der Waals surface area contributed by atoms with Crippen LogP contribution in [0, 0.1) is 5.82 Å². The van der Waals surface area contributed by atoms with Crippen molar-refractivity contribution in [2.75, 3.05) is 13.2 Å². The zero-order valence-corrected chi connectivity index (χ0v) is 20.2. The summed E-state index contributed by atoms with van der Waals surface area (Å²) in [4.78, 5) is 32.5. The van der Waals surface area contributed by atoms with Crippen LogP contribution in [0.5, 0.6) is 11.5 Å². The van der Waals surface area contributed by atoms with Crippen molar-refractivity contribution in [2.45, 2.75) is 56.8 Å². The minimum atomic E-state index is -1.05. The van der Waals surface area contributed by atoms with Crippen LogP contribution < -0.4 is 20.5 Å². The number of fused-ring (bicyclic) bond motifs is 2. The van der Waals surface area contributed by atoms with Crippen molar-refractivity contribution in [3.8, 4) is 11.5 Å². The van der Waals surface area contributed by atoms with Crippen LogP contribution in [0.15, 0.2) is 41.4 Å². The van der Waals surface area contributed by atoms with Crippen LogP contribution in [0.2, 0.25) is 0 Å². The first-order chi connectivity index (χ1) is 17.2. The molecule has 2 aromatic rings. The number of amides is 2. The number of nitrogens with one attached hydrogen (secondary N) is 1. The lowest BCUT2D eigenvalue weighted by Crippen LogP contribution is -2.52. The summed E-state index contributed by atoms with van der Waals surface area (Å²) in [5.41, 5.74) is 7.05. The molecule has 0 aromatic heterocycles. The summed E-state index contributed by atoms with van der Waals surface area (Å²) in [6, 6.07) is 7.66. The molecule has 0 radical (unpaired) electrons. The van der Waals surface area contributed by atoms with Gasteiger partial charge in [-0.25, -0.2) is 9.38 Å². The number of carbonyl (C=O) groups is 2. The number of aliphatic hydroxyl groups is 1. The topological polar surface area (TPSA) is 126 Å². The lowest BCUT2D eigenvalue weighted by atomic mass is 9.90. The summed E-state index contributed by atoms with van der Waals surface area (Å²) in [6.07, 6.45) is 0.377. The van der Waals surface area contributed by atoms with Gasteiger partial charge in [0.25, 0.3) is 5.91 Å². The third kappa shape index (κ3) is 4.26.